The number of nitrogens with one attached hydrogen (secondary N) is 2. The lowest BCUT2D eigenvalue weighted by molar-refractivity contribution is -0.135. The van der Waals surface area contributed by atoms with Crippen LogP contribution in [-0.4, -0.2) is 41.8 Å². The molecule has 6 nitrogen and oxygen atoms in total. The summed E-state index contributed by atoms with van der Waals surface area (Å²) in [4.78, 5) is 23.5. The molecule has 0 radical (unpaired) electrons. The van der Waals surface area contributed by atoms with E-state index in [4.69, 9.17) is 4.74 Å². The van der Waals surface area contributed by atoms with Crippen LogP contribution < -0.4 is 10.6 Å². The predicted molar refractivity (Wildman–Crippen MR) is 90.0 cm³/mol. The molecule has 0 aliphatic carbocycles. The van der Waals surface area contributed by atoms with Gasteiger partial charge in [-0.25, -0.2) is 8.78 Å². The first kappa shape index (κ1) is 20.3. The minimum Gasteiger partial charge on any atom is -0.394 e. The summed E-state index contributed by atoms with van der Waals surface area (Å²) in [5.41, 5.74) is 0.330. The largest absolute Gasteiger partial charge is 0.394 e. The number of aliphatic hydroxyl groups excluding tert-OH is 1. The third-order valence-electron chi connectivity index (χ3n) is 4.29. The lowest BCUT2D eigenvalue weighted by Gasteiger charge is -2.36. The first-order chi connectivity index (χ1) is 12.4. The van der Waals surface area contributed by atoms with Gasteiger partial charge in [-0.1, -0.05) is 6.92 Å². The lowest BCUT2D eigenvalue weighted by Crippen LogP contribution is -2.51. The Balaban J connectivity index is 1.81. The number of ether oxygens (including phenoxy) is 1. The van der Waals surface area contributed by atoms with E-state index in [9.17, 15) is 23.5 Å². The van der Waals surface area contributed by atoms with Gasteiger partial charge in [-0.05, 0) is 30.5 Å². The van der Waals surface area contributed by atoms with Crippen molar-refractivity contribution in [3.63, 3.8) is 0 Å². The van der Waals surface area contributed by atoms with Crippen molar-refractivity contribution in [3.05, 3.63) is 35.4 Å². The number of rotatable bonds is 7. The topological polar surface area (TPSA) is 87.7 Å². The fourth-order valence-electron chi connectivity index (χ4n) is 2.95. The summed E-state index contributed by atoms with van der Waals surface area (Å²) in [7, 11) is 0. The molecule has 8 heteroatoms. The summed E-state index contributed by atoms with van der Waals surface area (Å²) in [5.74, 6) is -1.82. The number of carbonyl (C=O) groups is 2. The minimum absolute atomic E-state index is 0.0127. The van der Waals surface area contributed by atoms with Gasteiger partial charge < -0.3 is 20.5 Å². The molecule has 0 aromatic heterocycles. The summed E-state index contributed by atoms with van der Waals surface area (Å²) in [6, 6.07) is 2.80. The van der Waals surface area contributed by atoms with Gasteiger partial charge in [0.25, 0.3) is 0 Å². The molecule has 3 N–H and O–H groups in total. The van der Waals surface area contributed by atoms with Crippen LogP contribution >= 0.6 is 0 Å². The Morgan fingerprint density at radius 1 is 1.19 bits per heavy atom. The van der Waals surface area contributed by atoms with Gasteiger partial charge >= 0.3 is 0 Å². The normalized spacial score (nSPS) is 22.7. The maximum Gasteiger partial charge on any atom is 0.222 e. The van der Waals surface area contributed by atoms with Crippen LogP contribution in [0.15, 0.2) is 18.2 Å². The van der Waals surface area contributed by atoms with E-state index < -0.39 is 17.7 Å². The molecule has 1 saturated heterocycles. The van der Waals surface area contributed by atoms with Gasteiger partial charge in [-0.15, -0.1) is 0 Å². The zero-order valence-corrected chi connectivity index (χ0v) is 14.6. The Labute approximate surface area is 150 Å². The SMILES string of the molecule is CCC(=O)N[C@H]1CC[C@H](CC(=O)NCc2cc(F)cc(F)c2)O[C@H]1CO. The summed E-state index contributed by atoms with van der Waals surface area (Å²) >= 11 is 0. The molecule has 0 spiro atoms. The highest BCUT2D eigenvalue weighted by Crippen LogP contribution is 2.22. The molecule has 0 bridgehead atoms. The summed E-state index contributed by atoms with van der Waals surface area (Å²) in [6.45, 7) is 1.50. The maximum atomic E-state index is 13.1. The van der Waals surface area contributed by atoms with Crippen molar-refractivity contribution < 1.29 is 28.2 Å². The fraction of sp³-hybridized carbons (Fsp3) is 0.556. The first-order valence-electron chi connectivity index (χ1n) is 8.68. The molecule has 26 heavy (non-hydrogen) atoms. The third kappa shape index (κ3) is 6.03. The molecule has 0 saturated carbocycles. The second-order valence-electron chi connectivity index (χ2n) is 6.34. The molecule has 144 valence electrons. The van der Waals surface area contributed by atoms with Crippen LogP contribution in [0.25, 0.3) is 0 Å². The smallest absolute Gasteiger partial charge is 0.222 e. The average Bonchev–Trinajstić information content (AvgIpc) is 2.60. The molecule has 1 aliphatic heterocycles. The molecular weight excluding hydrogens is 346 g/mol. The van der Waals surface area contributed by atoms with E-state index in [1.54, 1.807) is 6.92 Å². The Morgan fingerprint density at radius 3 is 2.50 bits per heavy atom. The second-order valence-corrected chi connectivity index (χ2v) is 6.34. The molecular formula is C18H24F2N2O4. The molecule has 1 heterocycles. The van der Waals surface area contributed by atoms with Crippen LogP contribution in [0.5, 0.6) is 0 Å². The maximum absolute atomic E-state index is 13.1. The molecule has 1 aromatic rings. The van der Waals surface area contributed by atoms with E-state index in [2.05, 4.69) is 10.6 Å². The van der Waals surface area contributed by atoms with Gasteiger partial charge in [-0.3, -0.25) is 9.59 Å². The highest BCUT2D eigenvalue weighted by molar-refractivity contribution is 5.76. The molecule has 1 fully saturated rings. The molecule has 2 amide bonds. The Kier molecular flexibility index (Phi) is 7.47. The number of halogens is 2. The number of benzene rings is 1. The standard InChI is InChI=1S/C18H24F2N2O4/c1-2-17(24)22-15-4-3-14(26-16(15)10-23)8-18(25)21-9-11-5-12(19)7-13(20)6-11/h5-7,14-16,23H,2-4,8-10H2,1H3,(H,21,25)(H,22,24)/t14-,15+,16+/m1/s1. The molecule has 0 unspecified atom stereocenters. The third-order valence-corrected chi connectivity index (χ3v) is 4.29. The highest BCUT2D eigenvalue weighted by atomic mass is 19.1. The van der Waals surface area contributed by atoms with Crippen molar-refractivity contribution in [2.24, 2.45) is 0 Å². The van der Waals surface area contributed by atoms with Gasteiger partial charge in [0.05, 0.1) is 25.2 Å². The summed E-state index contributed by atoms with van der Waals surface area (Å²) < 4.78 is 32.0. The first-order valence-corrected chi connectivity index (χ1v) is 8.68. The zero-order valence-electron chi connectivity index (χ0n) is 14.6. The lowest BCUT2D eigenvalue weighted by atomic mass is 9.96. The van der Waals surface area contributed by atoms with Gasteiger partial charge in [0.1, 0.15) is 17.7 Å². The van der Waals surface area contributed by atoms with Crippen LogP contribution in [0.1, 0.15) is 38.2 Å². The molecule has 1 aliphatic rings. The van der Waals surface area contributed by atoms with E-state index in [1.807, 2.05) is 0 Å². The summed E-state index contributed by atoms with van der Waals surface area (Å²) in [5, 5.41) is 14.9. The Bertz CT molecular complexity index is 621. The van der Waals surface area contributed by atoms with Crippen molar-refractivity contribution in [1.29, 1.82) is 0 Å². The van der Waals surface area contributed by atoms with Crippen molar-refractivity contribution in [2.45, 2.75) is 57.4 Å². The second kappa shape index (κ2) is 9.59. The van der Waals surface area contributed by atoms with E-state index in [0.717, 1.165) is 18.2 Å². The van der Waals surface area contributed by atoms with Crippen molar-refractivity contribution in [3.8, 4) is 0 Å². The van der Waals surface area contributed by atoms with Gasteiger partial charge in [-0.2, -0.15) is 0 Å². The predicted octanol–water partition coefficient (Wildman–Crippen LogP) is 1.41. The van der Waals surface area contributed by atoms with Crippen molar-refractivity contribution in [2.75, 3.05) is 6.61 Å². The summed E-state index contributed by atoms with van der Waals surface area (Å²) in [6.07, 6.45) is 0.640. The van der Waals surface area contributed by atoms with Crippen molar-refractivity contribution in [1.82, 2.24) is 10.6 Å². The molecule has 3 atom stereocenters. The van der Waals surface area contributed by atoms with E-state index in [-0.39, 0.29) is 43.5 Å². The van der Waals surface area contributed by atoms with Crippen LogP contribution in [0, 0.1) is 11.6 Å². The van der Waals surface area contributed by atoms with Crippen LogP contribution in [0.4, 0.5) is 8.78 Å². The van der Waals surface area contributed by atoms with E-state index >= 15 is 0 Å². The van der Waals surface area contributed by atoms with Crippen LogP contribution in [0.3, 0.4) is 0 Å². The fourth-order valence-corrected chi connectivity index (χ4v) is 2.95. The van der Waals surface area contributed by atoms with Crippen molar-refractivity contribution >= 4 is 11.8 Å². The highest BCUT2D eigenvalue weighted by Gasteiger charge is 2.32. The minimum atomic E-state index is -0.698. The number of aliphatic hydroxyl groups is 1. The number of amides is 2. The number of carbonyl (C=O) groups excluding carboxylic acids is 2. The molecule has 1 aromatic carbocycles. The quantitative estimate of drug-likeness (QED) is 0.677. The van der Waals surface area contributed by atoms with Gasteiger partial charge in [0.2, 0.25) is 11.8 Å². The van der Waals surface area contributed by atoms with Crippen LogP contribution in [0.2, 0.25) is 0 Å². The Morgan fingerprint density at radius 2 is 1.88 bits per heavy atom. The monoisotopic (exact) mass is 370 g/mol. The van der Waals surface area contributed by atoms with Gasteiger partial charge in [0, 0.05) is 19.0 Å². The Hall–Kier alpha value is -2.06. The van der Waals surface area contributed by atoms with E-state index in [1.165, 1.54) is 0 Å². The number of hydrogen-bond acceptors (Lipinski definition) is 4. The number of hydrogen-bond donors (Lipinski definition) is 3. The van der Waals surface area contributed by atoms with Gasteiger partial charge in [0.15, 0.2) is 0 Å². The van der Waals surface area contributed by atoms with Crippen LogP contribution in [-0.2, 0) is 20.9 Å². The van der Waals surface area contributed by atoms with E-state index in [0.29, 0.717) is 24.8 Å². The molecule has 2 rings (SSSR count). The zero-order chi connectivity index (χ0) is 19.1. The average molecular weight is 370 g/mol.